The van der Waals surface area contributed by atoms with Crippen molar-refractivity contribution in [2.75, 3.05) is 11.9 Å². The minimum atomic E-state index is -0.0265. The van der Waals surface area contributed by atoms with Gasteiger partial charge in [0.05, 0.1) is 5.69 Å². The van der Waals surface area contributed by atoms with E-state index in [9.17, 15) is 4.79 Å². The fraction of sp³-hybridized carbons (Fsp3) is 0.417. The third-order valence-electron chi connectivity index (χ3n) is 2.25. The van der Waals surface area contributed by atoms with E-state index in [2.05, 4.69) is 26.6 Å². The second kappa shape index (κ2) is 6.99. The zero-order valence-corrected chi connectivity index (χ0v) is 12.2. The summed E-state index contributed by atoms with van der Waals surface area (Å²) in [6.07, 6.45) is 0.437. The number of carbonyl (C=O) groups is 1. The van der Waals surface area contributed by atoms with Crippen LogP contribution in [0.25, 0.3) is 0 Å². The highest BCUT2D eigenvalue weighted by atomic mass is 79.9. The van der Waals surface area contributed by atoms with Crippen molar-refractivity contribution < 1.29 is 4.79 Å². The molecule has 1 rings (SSSR count). The Kier molecular flexibility index (Phi) is 5.95. The summed E-state index contributed by atoms with van der Waals surface area (Å²) in [6, 6.07) is 5.47. The van der Waals surface area contributed by atoms with Crippen LogP contribution in [-0.2, 0) is 4.79 Å². The Morgan fingerprint density at radius 1 is 1.53 bits per heavy atom. The number of benzene rings is 1. The van der Waals surface area contributed by atoms with Gasteiger partial charge in [-0.05, 0) is 47.6 Å². The monoisotopic (exact) mass is 318 g/mol. The first-order chi connectivity index (χ1) is 8.02. The number of carbonyl (C=O) groups excluding carboxylic acids is 1. The number of hydrogen-bond acceptors (Lipinski definition) is 2. The Balaban J connectivity index is 2.58. The minimum absolute atomic E-state index is 0.0265. The summed E-state index contributed by atoms with van der Waals surface area (Å²) in [5, 5.41) is 6.62. The van der Waals surface area contributed by atoms with Crippen molar-refractivity contribution in [1.82, 2.24) is 5.32 Å². The molecule has 0 aliphatic carbocycles. The van der Waals surface area contributed by atoms with E-state index in [0.717, 1.165) is 11.0 Å². The fourth-order valence-corrected chi connectivity index (χ4v) is 2.01. The third-order valence-corrected chi connectivity index (χ3v) is 3.17. The van der Waals surface area contributed by atoms with Crippen LogP contribution in [0.15, 0.2) is 22.7 Å². The summed E-state index contributed by atoms with van der Waals surface area (Å²) in [5.41, 5.74) is 0.700. The van der Waals surface area contributed by atoms with Crippen LogP contribution < -0.4 is 10.6 Å². The normalized spacial score (nSPS) is 12.2. The van der Waals surface area contributed by atoms with Gasteiger partial charge >= 0.3 is 0 Å². The van der Waals surface area contributed by atoms with Crippen molar-refractivity contribution >= 4 is 39.1 Å². The Hall–Kier alpha value is -0.580. The summed E-state index contributed by atoms with van der Waals surface area (Å²) in [6.45, 7) is 4.85. The molecule has 1 amide bonds. The average molecular weight is 320 g/mol. The molecule has 0 saturated carbocycles. The Labute approximate surface area is 115 Å². The highest BCUT2D eigenvalue weighted by Crippen LogP contribution is 2.25. The van der Waals surface area contributed by atoms with Crippen molar-refractivity contribution in [3.63, 3.8) is 0 Å². The molecule has 2 N–H and O–H groups in total. The van der Waals surface area contributed by atoms with Crippen molar-refractivity contribution in [1.29, 1.82) is 0 Å². The van der Waals surface area contributed by atoms with E-state index < -0.39 is 0 Å². The maximum Gasteiger partial charge on any atom is 0.225 e. The van der Waals surface area contributed by atoms with Gasteiger partial charge in [-0.1, -0.05) is 18.5 Å². The van der Waals surface area contributed by atoms with Crippen molar-refractivity contribution in [3.05, 3.63) is 27.7 Å². The van der Waals surface area contributed by atoms with Crippen LogP contribution in [0.1, 0.15) is 20.3 Å². The summed E-state index contributed by atoms with van der Waals surface area (Å²) in [4.78, 5) is 11.7. The van der Waals surface area contributed by atoms with Gasteiger partial charge in [-0.3, -0.25) is 4.79 Å². The van der Waals surface area contributed by atoms with Gasteiger partial charge in [0.2, 0.25) is 5.91 Å². The van der Waals surface area contributed by atoms with E-state index in [4.69, 9.17) is 11.6 Å². The van der Waals surface area contributed by atoms with Gasteiger partial charge in [0.1, 0.15) is 0 Å². The molecule has 1 aromatic rings. The molecule has 1 unspecified atom stereocenters. The maximum absolute atomic E-state index is 11.7. The average Bonchev–Trinajstić information content (AvgIpc) is 2.23. The van der Waals surface area contributed by atoms with Crippen LogP contribution in [0, 0.1) is 0 Å². The predicted octanol–water partition coefficient (Wildman–Crippen LogP) is 3.43. The van der Waals surface area contributed by atoms with E-state index in [1.165, 1.54) is 0 Å². The molecule has 17 heavy (non-hydrogen) atoms. The fourth-order valence-electron chi connectivity index (χ4n) is 1.49. The lowest BCUT2D eigenvalue weighted by atomic mass is 10.2. The van der Waals surface area contributed by atoms with Crippen LogP contribution in [0.3, 0.4) is 0 Å². The number of anilines is 1. The summed E-state index contributed by atoms with van der Waals surface area (Å²) >= 11 is 9.24. The molecule has 0 bridgehead atoms. The molecular formula is C12H16BrClN2O. The molecule has 0 aromatic heterocycles. The van der Waals surface area contributed by atoms with Gasteiger partial charge in [0, 0.05) is 22.0 Å². The van der Waals surface area contributed by atoms with E-state index in [0.29, 0.717) is 17.1 Å². The van der Waals surface area contributed by atoms with E-state index >= 15 is 0 Å². The van der Waals surface area contributed by atoms with Crippen LogP contribution in [0.4, 0.5) is 5.69 Å². The first kappa shape index (κ1) is 14.5. The highest BCUT2D eigenvalue weighted by Gasteiger charge is 2.10. The topological polar surface area (TPSA) is 41.1 Å². The standard InChI is InChI=1S/C12H16BrClN2O/c1-3-15-8(2)6-12(17)16-11-7-9(14)4-5-10(11)13/h4-5,7-8,15H,3,6H2,1-2H3,(H,16,17). The lowest BCUT2D eigenvalue weighted by Gasteiger charge is -2.13. The van der Waals surface area contributed by atoms with Crippen LogP contribution in [0.2, 0.25) is 5.02 Å². The van der Waals surface area contributed by atoms with Gasteiger partial charge in [-0.2, -0.15) is 0 Å². The zero-order chi connectivity index (χ0) is 12.8. The Morgan fingerprint density at radius 2 is 2.24 bits per heavy atom. The van der Waals surface area contributed by atoms with Crippen molar-refractivity contribution in [2.45, 2.75) is 26.3 Å². The second-order valence-electron chi connectivity index (χ2n) is 3.84. The second-order valence-corrected chi connectivity index (χ2v) is 5.13. The molecule has 0 saturated heterocycles. The molecule has 0 aliphatic rings. The Bertz CT molecular complexity index is 398. The smallest absolute Gasteiger partial charge is 0.225 e. The largest absolute Gasteiger partial charge is 0.325 e. The van der Waals surface area contributed by atoms with Crippen LogP contribution in [0.5, 0.6) is 0 Å². The van der Waals surface area contributed by atoms with Crippen LogP contribution in [-0.4, -0.2) is 18.5 Å². The zero-order valence-electron chi connectivity index (χ0n) is 9.89. The minimum Gasteiger partial charge on any atom is -0.325 e. The summed E-state index contributed by atoms with van der Waals surface area (Å²) in [7, 11) is 0. The molecule has 0 fully saturated rings. The lowest BCUT2D eigenvalue weighted by Crippen LogP contribution is -2.30. The number of hydrogen-bond donors (Lipinski definition) is 2. The molecule has 0 spiro atoms. The van der Waals surface area contributed by atoms with Gasteiger partial charge in [0.15, 0.2) is 0 Å². The number of nitrogens with one attached hydrogen (secondary N) is 2. The molecule has 5 heteroatoms. The lowest BCUT2D eigenvalue weighted by molar-refractivity contribution is -0.116. The van der Waals surface area contributed by atoms with Crippen molar-refractivity contribution in [3.8, 4) is 0 Å². The molecule has 0 radical (unpaired) electrons. The van der Waals surface area contributed by atoms with E-state index in [1.54, 1.807) is 12.1 Å². The van der Waals surface area contributed by atoms with E-state index in [1.807, 2.05) is 19.9 Å². The molecular weight excluding hydrogens is 304 g/mol. The van der Waals surface area contributed by atoms with Gasteiger partial charge in [-0.25, -0.2) is 0 Å². The number of rotatable bonds is 5. The third kappa shape index (κ3) is 5.06. The molecule has 1 aromatic carbocycles. The van der Waals surface area contributed by atoms with Crippen LogP contribution >= 0.6 is 27.5 Å². The molecule has 0 heterocycles. The summed E-state index contributed by atoms with van der Waals surface area (Å²) in [5.74, 6) is -0.0265. The SMILES string of the molecule is CCNC(C)CC(=O)Nc1cc(Cl)ccc1Br. The number of amides is 1. The molecule has 1 atom stereocenters. The van der Waals surface area contributed by atoms with E-state index in [-0.39, 0.29) is 11.9 Å². The van der Waals surface area contributed by atoms with Gasteiger partial charge in [0.25, 0.3) is 0 Å². The molecule has 94 valence electrons. The highest BCUT2D eigenvalue weighted by molar-refractivity contribution is 9.10. The first-order valence-corrected chi connectivity index (χ1v) is 6.68. The Morgan fingerprint density at radius 3 is 2.88 bits per heavy atom. The predicted molar refractivity (Wildman–Crippen MR) is 75.5 cm³/mol. The summed E-state index contributed by atoms with van der Waals surface area (Å²) < 4.78 is 0.825. The molecule has 0 aliphatic heterocycles. The molecule has 3 nitrogen and oxygen atoms in total. The van der Waals surface area contributed by atoms with Crippen molar-refractivity contribution in [2.24, 2.45) is 0 Å². The van der Waals surface area contributed by atoms with Gasteiger partial charge in [-0.15, -0.1) is 0 Å². The number of halogens is 2. The first-order valence-electron chi connectivity index (χ1n) is 5.51. The van der Waals surface area contributed by atoms with Gasteiger partial charge < -0.3 is 10.6 Å². The maximum atomic E-state index is 11.7. The quantitative estimate of drug-likeness (QED) is 0.873.